The van der Waals surface area contributed by atoms with Crippen LogP contribution < -0.4 is 5.32 Å². The Bertz CT molecular complexity index is 447. The average Bonchev–Trinajstić information content (AvgIpc) is 2.91. The van der Waals surface area contributed by atoms with Crippen LogP contribution in [-0.4, -0.2) is 12.2 Å². The van der Waals surface area contributed by atoms with Gasteiger partial charge in [-0.1, -0.05) is 6.07 Å². The number of aldehydes is 1. The lowest BCUT2D eigenvalue weighted by molar-refractivity contribution is 0.0952. The number of benzene rings is 1. The second-order valence-corrected chi connectivity index (χ2v) is 3.96. The van der Waals surface area contributed by atoms with E-state index in [-0.39, 0.29) is 11.4 Å². The third-order valence-corrected chi connectivity index (χ3v) is 3.04. The number of fused-ring (bicyclic) bond motifs is 2. The Labute approximate surface area is 81.1 Å². The van der Waals surface area contributed by atoms with E-state index in [2.05, 4.69) is 5.32 Å². The van der Waals surface area contributed by atoms with E-state index in [4.69, 9.17) is 0 Å². The SMILES string of the molecule is O=Cc1ccc2c(c1)C1(CC1)NC2=O. The van der Waals surface area contributed by atoms with Crippen LogP contribution >= 0.6 is 0 Å². The van der Waals surface area contributed by atoms with Crippen LogP contribution in [0, 0.1) is 0 Å². The molecule has 0 saturated heterocycles. The van der Waals surface area contributed by atoms with Gasteiger partial charge in [0.25, 0.3) is 5.91 Å². The van der Waals surface area contributed by atoms with Gasteiger partial charge in [0, 0.05) is 11.1 Å². The average molecular weight is 187 g/mol. The van der Waals surface area contributed by atoms with E-state index in [1.165, 1.54) is 0 Å². The van der Waals surface area contributed by atoms with E-state index in [0.29, 0.717) is 5.56 Å². The molecule has 1 heterocycles. The molecule has 0 bridgehead atoms. The summed E-state index contributed by atoms with van der Waals surface area (Å²) in [6.45, 7) is 0. The normalized spacial score (nSPS) is 20.4. The Morgan fingerprint density at radius 1 is 1.36 bits per heavy atom. The van der Waals surface area contributed by atoms with Gasteiger partial charge in [-0.25, -0.2) is 0 Å². The van der Waals surface area contributed by atoms with Gasteiger partial charge in [-0.15, -0.1) is 0 Å². The lowest BCUT2D eigenvalue weighted by Gasteiger charge is -2.07. The van der Waals surface area contributed by atoms with E-state index in [1.54, 1.807) is 12.1 Å². The van der Waals surface area contributed by atoms with Crippen molar-refractivity contribution in [1.29, 1.82) is 0 Å². The number of rotatable bonds is 1. The zero-order chi connectivity index (χ0) is 9.76. The molecule has 1 fully saturated rings. The standard InChI is InChI=1S/C11H9NO2/c13-6-7-1-2-8-9(5-7)11(3-4-11)12-10(8)14/h1-2,5-6H,3-4H2,(H,12,14). The highest BCUT2D eigenvalue weighted by molar-refractivity contribution is 6.01. The van der Waals surface area contributed by atoms with Gasteiger partial charge in [-0.2, -0.15) is 0 Å². The van der Waals surface area contributed by atoms with Gasteiger partial charge in [-0.3, -0.25) is 9.59 Å². The van der Waals surface area contributed by atoms with Crippen molar-refractivity contribution in [2.45, 2.75) is 18.4 Å². The molecule has 0 aromatic heterocycles. The maximum absolute atomic E-state index is 11.5. The summed E-state index contributed by atoms with van der Waals surface area (Å²) in [5, 5.41) is 2.97. The van der Waals surface area contributed by atoms with Crippen molar-refractivity contribution in [3.63, 3.8) is 0 Å². The monoisotopic (exact) mass is 187 g/mol. The first-order chi connectivity index (χ1) is 6.75. The summed E-state index contributed by atoms with van der Waals surface area (Å²) in [7, 11) is 0. The number of nitrogens with one attached hydrogen (secondary N) is 1. The van der Waals surface area contributed by atoms with E-state index in [9.17, 15) is 9.59 Å². The topological polar surface area (TPSA) is 46.2 Å². The highest BCUT2D eigenvalue weighted by Gasteiger charge is 2.51. The molecule has 1 aliphatic carbocycles. The third-order valence-electron chi connectivity index (χ3n) is 3.04. The molecule has 0 radical (unpaired) electrons. The van der Waals surface area contributed by atoms with E-state index in [0.717, 1.165) is 30.3 Å². The molecule has 3 heteroatoms. The molecule has 1 saturated carbocycles. The Morgan fingerprint density at radius 2 is 2.14 bits per heavy atom. The minimum absolute atomic E-state index is 0.00468. The lowest BCUT2D eigenvalue weighted by atomic mass is 10.0. The van der Waals surface area contributed by atoms with Gasteiger partial charge in [-0.05, 0) is 30.5 Å². The van der Waals surface area contributed by atoms with Crippen molar-refractivity contribution in [3.8, 4) is 0 Å². The molecular weight excluding hydrogens is 178 g/mol. The van der Waals surface area contributed by atoms with Crippen LogP contribution in [-0.2, 0) is 5.54 Å². The molecule has 1 spiro atoms. The second kappa shape index (κ2) is 2.23. The number of hydrogen-bond acceptors (Lipinski definition) is 2. The van der Waals surface area contributed by atoms with Crippen LogP contribution in [0.15, 0.2) is 18.2 Å². The summed E-state index contributed by atoms with van der Waals surface area (Å²) < 4.78 is 0. The third kappa shape index (κ3) is 0.816. The summed E-state index contributed by atoms with van der Waals surface area (Å²) in [6, 6.07) is 5.25. The Hall–Kier alpha value is -1.64. The largest absolute Gasteiger partial charge is 0.342 e. The van der Waals surface area contributed by atoms with Crippen molar-refractivity contribution in [1.82, 2.24) is 5.32 Å². The molecule has 1 aromatic carbocycles. The molecule has 3 rings (SSSR count). The Balaban J connectivity index is 2.22. The predicted octanol–water partition coefficient (Wildman–Crippen LogP) is 1.23. The van der Waals surface area contributed by atoms with Crippen LogP contribution in [0.2, 0.25) is 0 Å². The Morgan fingerprint density at radius 3 is 2.79 bits per heavy atom. The van der Waals surface area contributed by atoms with Gasteiger partial charge in [0.05, 0.1) is 5.54 Å². The van der Waals surface area contributed by atoms with Crippen LogP contribution in [0.5, 0.6) is 0 Å². The van der Waals surface area contributed by atoms with Gasteiger partial charge in [0.2, 0.25) is 0 Å². The Kier molecular flexibility index (Phi) is 1.23. The maximum atomic E-state index is 11.5. The van der Waals surface area contributed by atoms with Gasteiger partial charge >= 0.3 is 0 Å². The van der Waals surface area contributed by atoms with Crippen LogP contribution in [0.25, 0.3) is 0 Å². The summed E-state index contributed by atoms with van der Waals surface area (Å²) in [6.07, 6.45) is 2.81. The zero-order valence-electron chi connectivity index (χ0n) is 7.54. The number of carbonyl (C=O) groups is 2. The minimum atomic E-state index is -0.120. The fourth-order valence-corrected chi connectivity index (χ4v) is 2.10. The maximum Gasteiger partial charge on any atom is 0.252 e. The first-order valence-corrected chi connectivity index (χ1v) is 4.67. The van der Waals surface area contributed by atoms with E-state index >= 15 is 0 Å². The molecular formula is C11H9NO2. The molecule has 3 nitrogen and oxygen atoms in total. The number of amides is 1. The molecule has 1 aromatic rings. The van der Waals surface area contributed by atoms with Crippen LogP contribution in [0.1, 0.15) is 39.1 Å². The molecule has 1 amide bonds. The second-order valence-electron chi connectivity index (χ2n) is 3.96. The van der Waals surface area contributed by atoms with Crippen LogP contribution in [0.3, 0.4) is 0 Å². The molecule has 70 valence electrons. The molecule has 2 aliphatic rings. The van der Waals surface area contributed by atoms with Crippen LogP contribution in [0.4, 0.5) is 0 Å². The highest BCUT2D eigenvalue weighted by atomic mass is 16.2. The summed E-state index contributed by atoms with van der Waals surface area (Å²) >= 11 is 0. The van der Waals surface area contributed by atoms with E-state index < -0.39 is 0 Å². The van der Waals surface area contributed by atoms with Crippen molar-refractivity contribution >= 4 is 12.2 Å². The molecule has 0 atom stereocenters. The van der Waals surface area contributed by atoms with Gasteiger partial charge < -0.3 is 5.32 Å². The zero-order valence-corrected chi connectivity index (χ0v) is 7.54. The number of carbonyl (C=O) groups excluding carboxylic acids is 2. The highest BCUT2D eigenvalue weighted by Crippen LogP contribution is 2.50. The van der Waals surface area contributed by atoms with Crippen molar-refractivity contribution in [2.75, 3.05) is 0 Å². The fraction of sp³-hybridized carbons (Fsp3) is 0.273. The molecule has 1 N–H and O–H groups in total. The molecule has 14 heavy (non-hydrogen) atoms. The number of hydrogen-bond donors (Lipinski definition) is 1. The molecule has 0 unspecified atom stereocenters. The first kappa shape index (κ1) is 7.74. The van der Waals surface area contributed by atoms with Crippen molar-refractivity contribution in [3.05, 3.63) is 34.9 Å². The predicted molar refractivity (Wildman–Crippen MR) is 50.2 cm³/mol. The van der Waals surface area contributed by atoms with Gasteiger partial charge in [0.15, 0.2) is 0 Å². The first-order valence-electron chi connectivity index (χ1n) is 4.67. The van der Waals surface area contributed by atoms with Gasteiger partial charge in [0.1, 0.15) is 6.29 Å². The lowest BCUT2D eigenvalue weighted by Crippen LogP contribution is -2.25. The van der Waals surface area contributed by atoms with Crippen molar-refractivity contribution in [2.24, 2.45) is 0 Å². The fourth-order valence-electron chi connectivity index (χ4n) is 2.10. The van der Waals surface area contributed by atoms with E-state index in [1.807, 2.05) is 6.07 Å². The smallest absolute Gasteiger partial charge is 0.252 e. The minimum Gasteiger partial charge on any atom is -0.342 e. The molecule has 1 aliphatic heterocycles. The van der Waals surface area contributed by atoms with Crippen molar-refractivity contribution < 1.29 is 9.59 Å². The summed E-state index contributed by atoms with van der Waals surface area (Å²) in [4.78, 5) is 22.1. The summed E-state index contributed by atoms with van der Waals surface area (Å²) in [5.41, 5.74) is 2.26. The summed E-state index contributed by atoms with van der Waals surface area (Å²) in [5.74, 6) is -0.00468. The quantitative estimate of drug-likeness (QED) is 0.672.